The van der Waals surface area contributed by atoms with Crippen LogP contribution in [0.5, 0.6) is 0 Å². The van der Waals surface area contributed by atoms with Gasteiger partial charge in [-0.3, -0.25) is 14.5 Å². The van der Waals surface area contributed by atoms with Crippen LogP contribution in [0.25, 0.3) is 0 Å². The third-order valence-electron chi connectivity index (χ3n) is 5.78. The SMILES string of the molecule is CC(C)CC(=O)N1Cc2ccccc2CC1C(=O)NC1CCN(CC(F)F)CC1. The van der Waals surface area contributed by atoms with Crippen LogP contribution < -0.4 is 5.32 Å². The Hall–Kier alpha value is -2.02. The Kier molecular flexibility index (Phi) is 7.22. The average molecular weight is 408 g/mol. The molecule has 5 nitrogen and oxygen atoms in total. The first kappa shape index (κ1) is 21.7. The number of likely N-dealkylation sites (tertiary alicyclic amines) is 1. The lowest BCUT2D eigenvalue weighted by atomic mass is 9.92. The number of amides is 2. The van der Waals surface area contributed by atoms with Gasteiger partial charge in [0.1, 0.15) is 6.04 Å². The first-order valence-electron chi connectivity index (χ1n) is 10.5. The number of alkyl halides is 2. The molecule has 0 aromatic heterocycles. The van der Waals surface area contributed by atoms with Crippen LogP contribution in [0.1, 0.15) is 44.2 Å². The largest absolute Gasteiger partial charge is 0.351 e. The number of fused-ring (bicyclic) bond motifs is 1. The molecule has 0 aliphatic carbocycles. The molecule has 160 valence electrons. The van der Waals surface area contributed by atoms with E-state index < -0.39 is 12.5 Å². The topological polar surface area (TPSA) is 52.7 Å². The molecule has 1 aromatic carbocycles. The first-order valence-corrected chi connectivity index (χ1v) is 10.5. The standard InChI is InChI=1S/C22H31F2N3O2/c1-15(2)11-21(28)27-13-17-6-4-3-5-16(17)12-19(27)22(29)25-18-7-9-26(10-8-18)14-20(23)24/h3-6,15,18-20H,7-14H2,1-2H3,(H,25,29). The maximum absolute atomic E-state index is 13.1. The molecule has 0 bridgehead atoms. The van der Waals surface area contributed by atoms with Crippen LogP contribution in [-0.2, 0) is 22.6 Å². The third kappa shape index (κ3) is 5.75. The highest BCUT2D eigenvalue weighted by Crippen LogP contribution is 2.25. The Morgan fingerprint density at radius 1 is 1.14 bits per heavy atom. The van der Waals surface area contributed by atoms with Gasteiger partial charge in [-0.15, -0.1) is 0 Å². The summed E-state index contributed by atoms with van der Waals surface area (Å²) in [6.45, 7) is 5.35. The molecular weight excluding hydrogens is 376 g/mol. The Morgan fingerprint density at radius 2 is 1.79 bits per heavy atom. The maximum atomic E-state index is 13.1. The fourth-order valence-electron chi connectivity index (χ4n) is 4.24. The minimum absolute atomic E-state index is 0.00130. The van der Waals surface area contributed by atoms with Gasteiger partial charge in [0.2, 0.25) is 11.8 Å². The summed E-state index contributed by atoms with van der Waals surface area (Å²) in [5.41, 5.74) is 2.20. The molecule has 1 fully saturated rings. The van der Waals surface area contributed by atoms with Gasteiger partial charge in [0.15, 0.2) is 0 Å². The summed E-state index contributed by atoms with van der Waals surface area (Å²) in [5.74, 6) is 0.0906. The van der Waals surface area contributed by atoms with E-state index in [-0.39, 0.29) is 30.3 Å². The Balaban J connectivity index is 1.66. The van der Waals surface area contributed by atoms with E-state index in [2.05, 4.69) is 5.32 Å². The van der Waals surface area contributed by atoms with E-state index in [9.17, 15) is 18.4 Å². The molecule has 2 aliphatic rings. The van der Waals surface area contributed by atoms with Gasteiger partial charge in [-0.1, -0.05) is 38.1 Å². The number of nitrogens with zero attached hydrogens (tertiary/aromatic N) is 2. The highest BCUT2D eigenvalue weighted by atomic mass is 19.3. The number of carbonyl (C=O) groups is 2. The number of piperidine rings is 1. The first-order chi connectivity index (χ1) is 13.8. The van der Waals surface area contributed by atoms with Gasteiger partial charge >= 0.3 is 0 Å². The monoisotopic (exact) mass is 407 g/mol. The quantitative estimate of drug-likeness (QED) is 0.789. The molecule has 1 saturated heterocycles. The second-order valence-electron chi connectivity index (χ2n) is 8.58. The van der Waals surface area contributed by atoms with Crippen LogP contribution in [0.2, 0.25) is 0 Å². The number of benzene rings is 1. The average Bonchev–Trinajstić information content (AvgIpc) is 2.67. The highest BCUT2D eigenvalue weighted by Gasteiger charge is 2.35. The van der Waals surface area contributed by atoms with E-state index in [1.54, 1.807) is 9.80 Å². The molecule has 1 atom stereocenters. The smallest absolute Gasteiger partial charge is 0.251 e. The number of nitrogens with one attached hydrogen (secondary N) is 1. The van der Waals surface area contributed by atoms with Crippen LogP contribution in [-0.4, -0.2) is 59.8 Å². The van der Waals surface area contributed by atoms with Crippen molar-refractivity contribution in [3.05, 3.63) is 35.4 Å². The molecule has 1 N–H and O–H groups in total. The predicted octanol–water partition coefficient (Wildman–Crippen LogP) is 2.83. The summed E-state index contributed by atoms with van der Waals surface area (Å²) in [6, 6.07) is 7.39. The van der Waals surface area contributed by atoms with Crippen LogP contribution in [0.3, 0.4) is 0 Å². The molecule has 1 aromatic rings. The minimum Gasteiger partial charge on any atom is -0.351 e. The number of rotatable bonds is 6. The molecule has 2 heterocycles. The van der Waals surface area contributed by atoms with Crippen molar-refractivity contribution in [3.63, 3.8) is 0 Å². The highest BCUT2D eigenvalue weighted by molar-refractivity contribution is 5.88. The normalized spacial score (nSPS) is 20.8. The summed E-state index contributed by atoms with van der Waals surface area (Å²) >= 11 is 0. The van der Waals surface area contributed by atoms with Crippen molar-refractivity contribution in [1.82, 2.24) is 15.1 Å². The van der Waals surface area contributed by atoms with E-state index in [1.165, 1.54) is 0 Å². The summed E-state index contributed by atoms with van der Waals surface area (Å²) in [5, 5.41) is 3.08. The lowest BCUT2D eigenvalue weighted by Crippen LogP contribution is -2.55. The van der Waals surface area contributed by atoms with Gasteiger partial charge < -0.3 is 10.2 Å². The van der Waals surface area contributed by atoms with E-state index >= 15 is 0 Å². The molecule has 2 aliphatic heterocycles. The molecule has 29 heavy (non-hydrogen) atoms. The van der Waals surface area contributed by atoms with E-state index in [4.69, 9.17) is 0 Å². The molecule has 2 amide bonds. The zero-order valence-corrected chi connectivity index (χ0v) is 17.2. The zero-order valence-electron chi connectivity index (χ0n) is 17.2. The van der Waals surface area contributed by atoms with Gasteiger partial charge in [0.05, 0.1) is 6.54 Å². The lowest BCUT2D eigenvalue weighted by Gasteiger charge is -2.38. The molecule has 0 spiro atoms. The summed E-state index contributed by atoms with van der Waals surface area (Å²) in [7, 11) is 0. The summed E-state index contributed by atoms with van der Waals surface area (Å²) in [6.07, 6.45) is -0.0961. The van der Waals surface area contributed by atoms with Gasteiger partial charge in [0, 0.05) is 38.5 Å². The predicted molar refractivity (Wildman–Crippen MR) is 108 cm³/mol. The van der Waals surface area contributed by atoms with E-state index in [0.29, 0.717) is 45.3 Å². The fraction of sp³-hybridized carbons (Fsp3) is 0.636. The lowest BCUT2D eigenvalue weighted by molar-refractivity contribution is -0.142. The van der Waals surface area contributed by atoms with Gasteiger partial charge in [0.25, 0.3) is 6.43 Å². The van der Waals surface area contributed by atoms with Crippen molar-refractivity contribution in [2.75, 3.05) is 19.6 Å². The molecule has 1 unspecified atom stereocenters. The number of hydrogen-bond donors (Lipinski definition) is 1. The molecule has 3 rings (SSSR count). The van der Waals surface area contributed by atoms with Crippen molar-refractivity contribution in [3.8, 4) is 0 Å². The summed E-state index contributed by atoms with van der Waals surface area (Å²) < 4.78 is 25.1. The number of carbonyl (C=O) groups excluding carboxylic acids is 2. The van der Waals surface area contributed by atoms with Crippen LogP contribution in [0, 0.1) is 5.92 Å². The van der Waals surface area contributed by atoms with Crippen LogP contribution in [0.4, 0.5) is 8.78 Å². The second kappa shape index (κ2) is 9.65. The van der Waals surface area contributed by atoms with Crippen molar-refractivity contribution >= 4 is 11.8 Å². The molecule has 0 radical (unpaired) electrons. The van der Waals surface area contributed by atoms with Crippen LogP contribution in [0.15, 0.2) is 24.3 Å². The number of hydrogen-bond acceptors (Lipinski definition) is 3. The maximum Gasteiger partial charge on any atom is 0.251 e. The molecule has 7 heteroatoms. The Bertz CT molecular complexity index is 718. The van der Waals surface area contributed by atoms with Gasteiger partial charge in [-0.25, -0.2) is 8.78 Å². The minimum atomic E-state index is -2.33. The van der Waals surface area contributed by atoms with Gasteiger partial charge in [-0.2, -0.15) is 0 Å². The number of halogens is 2. The van der Waals surface area contributed by atoms with Crippen molar-refractivity contribution < 1.29 is 18.4 Å². The molecular formula is C22H31F2N3O2. The zero-order chi connectivity index (χ0) is 21.0. The third-order valence-corrected chi connectivity index (χ3v) is 5.78. The summed E-state index contributed by atoms with van der Waals surface area (Å²) in [4.78, 5) is 29.4. The second-order valence-corrected chi connectivity index (χ2v) is 8.58. The van der Waals surface area contributed by atoms with Gasteiger partial charge in [-0.05, 0) is 29.9 Å². The van der Waals surface area contributed by atoms with E-state index in [0.717, 1.165) is 11.1 Å². The van der Waals surface area contributed by atoms with Crippen molar-refractivity contribution in [1.29, 1.82) is 0 Å². The molecule has 0 saturated carbocycles. The Labute approximate surface area is 171 Å². The Morgan fingerprint density at radius 3 is 2.41 bits per heavy atom. The van der Waals surface area contributed by atoms with Crippen molar-refractivity contribution in [2.24, 2.45) is 5.92 Å². The van der Waals surface area contributed by atoms with Crippen molar-refractivity contribution in [2.45, 2.75) is 64.6 Å². The fourth-order valence-corrected chi connectivity index (χ4v) is 4.24. The van der Waals surface area contributed by atoms with E-state index in [1.807, 2.05) is 38.1 Å². The van der Waals surface area contributed by atoms with Crippen LogP contribution >= 0.6 is 0 Å².